The molecule has 98 valence electrons. The number of hydrogen-bond donors (Lipinski definition) is 2. The molecule has 0 aromatic carbocycles. The van der Waals surface area contributed by atoms with Crippen molar-refractivity contribution >= 4 is 5.91 Å². The van der Waals surface area contributed by atoms with Crippen LogP contribution in [0.2, 0.25) is 0 Å². The van der Waals surface area contributed by atoms with E-state index in [1.54, 1.807) is 0 Å². The Hall–Kier alpha value is -0.570. The zero-order chi connectivity index (χ0) is 12.3. The standard InChI is InChI=1S/C14H26N2O/c1-11-12(7-6-10-15-11)13(17)16-14(2)8-4-3-5-9-14/h11-12,15H,3-10H2,1-2H3,(H,16,17). The predicted octanol–water partition coefficient (Wildman–Crippen LogP) is 2.21. The number of piperidine rings is 1. The largest absolute Gasteiger partial charge is 0.351 e. The molecule has 3 nitrogen and oxygen atoms in total. The Labute approximate surface area is 105 Å². The highest BCUT2D eigenvalue weighted by atomic mass is 16.2. The van der Waals surface area contributed by atoms with Gasteiger partial charge in [0.05, 0.1) is 5.92 Å². The Morgan fingerprint density at radius 3 is 2.59 bits per heavy atom. The van der Waals surface area contributed by atoms with Gasteiger partial charge in [0.1, 0.15) is 0 Å². The molecule has 0 aromatic heterocycles. The lowest BCUT2D eigenvalue weighted by Gasteiger charge is -2.37. The second-order valence-corrected chi connectivity index (χ2v) is 6.10. The summed E-state index contributed by atoms with van der Waals surface area (Å²) in [5.41, 5.74) is 0.0620. The van der Waals surface area contributed by atoms with Gasteiger partial charge in [-0.15, -0.1) is 0 Å². The molecule has 0 radical (unpaired) electrons. The topological polar surface area (TPSA) is 41.1 Å². The summed E-state index contributed by atoms with van der Waals surface area (Å²) in [6.45, 7) is 5.40. The van der Waals surface area contributed by atoms with E-state index in [9.17, 15) is 4.79 Å². The predicted molar refractivity (Wildman–Crippen MR) is 69.8 cm³/mol. The molecule has 2 aliphatic rings. The molecule has 2 unspecified atom stereocenters. The van der Waals surface area contributed by atoms with Crippen molar-refractivity contribution in [3.05, 3.63) is 0 Å². The van der Waals surface area contributed by atoms with E-state index in [2.05, 4.69) is 24.5 Å². The number of amides is 1. The third kappa shape index (κ3) is 3.21. The molecule has 1 aliphatic carbocycles. The lowest BCUT2D eigenvalue weighted by molar-refractivity contribution is -0.128. The molecule has 0 spiro atoms. The van der Waals surface area contributed by atoms with E-state index >= 15 is 0 Å². The third-order valence-electron chi connectivity index (χ3n) is 4.48. The Kier molecular flexibility index (Phi) is 4.08. The van der Waals surface area contributed by atoms with Gasteiger partial charge >= 0.3 is 0 Å². The first-order chi connectivity index (χ1) is 8.11. The Balaban J connectivity index is 1.90. The molecule has 1 aliphatic heterocycles. The van der Waals surface area contributed by atoms with Gasteiger partial charge in [-0.3, -0.25) is 4.79 Å². The minimum atomic E-state index is 0.0620. The van der Waals surface area contributed by atoms with Gasteiger partial charge in [-0.1, -0.05) is 19.3 Å². The molecule has 2 rings (SSSR count). The lowest BCUT2D eigenvalue weighted by Crippen LogP contribution is -2.54. The minimum Gasteiger partial charge on any atom is -0.351 e. The van der Waals surface area contributed by atoms with Crippen molar-refractivity contribution in [1.82, 2.24) is 10.6 Å². The highest BCUT2D eigenvalue weighted by Crippen LogP contribution is 2.28. The highest BCUT2D eigenvalue weighted by molar-refractivity contribution is 5.80. The van der Waals surface area contributed by atoms with Gasteiger partial charge in [-0.25, -0.2) is 0 Å². The van der Waals surface area contributed by atoms with Gasteiger partial charge in [-0.05, 0) is 46.1 Å². The van der Waals surface area contributed by atoms with Crippen molar-refractivity contribution < 1.29 is 4.79 Å². The van der Waals surface area contributed by atoms with Crippen LogP contribution in [0.15, 0.2) is 0 Å². The summed E-state index contributed by atoms with van der Waals surface area (Å²) < 4.78 is 0. The monoisotopic (exact) mass is 238 g/mol. The van der Waals surface area contributed by atoms with Gasteiger partial charge in [0.2, 0.25) is 5.91 Å². The second-order valence-electron chi connectivity index (χ2n) is 6.10. The van der Waals surface area contributed by atoms with E-state index in [-0.39, 0.29) is 17.4 Å². The maximum atomic E-state index is 12.3. The second kappa shape index (κ2) is 5.38. The maximum absolute atomic E-state index is 12.3. The van der Waals surface area contributed by atoms with Crippen molar-refractivity contribution in [1.29, 1.82) is 0 Å². The maximum Gasteiger partial charge on any atom is 0.225 e. The summed E-state index contributed by atoms with van der Waals surface area (Å²) >= 11 is 0. The summed E-state index contributed by atoms with van der Waals surface area (Å²) in [7, 11) is 0. The SMILES string of the molecule is CC1NCCCC1C(=O)NC1(C)CCCCC1. The van der Waals surface area contributed by atoms with Crippen molar-refractivity contribution in [3.8, 4) is 0 Å². The van der Waals surface area contributed by atoms with Crippen LogP contribution in [0.1, 0.15) is 58.8 Å². The highest BCUT2D eigenvalue weighted by Gasteiger charge is 2.33. The van der Waals surface area contributed by atoms with Crippen molar-refractivity contribution in [2.75, 3.05) is 6.54 Å². The summed E-state index contributed by atoms with van der Waals surface area (Å²) in [6.07, 6.45) is 8.30. The first-order valence-corrected chi connectivity index (χ1v) is 7.16. The van der Waals surface area contributed by atoms with E-state index < -0.39 is 0 Å². The fraction of sp³-hybridized carbons (Fsp3) is 0.929. The van der Waals surface area contributed by atoms with Crippen LogP contribution in [0, 0.1) is 5.92 Å². The van der Waals surface area contributed by atoms with Crippen LogP contribution < -0.4 is 10.6 Å². The van der Waals surface area contributed by atoms with E-state index in [1.807, 2.05) is 0 Å². The molecule has 3 heteroatoms. The Morgan fingerprint density at radius 1 is 1.24 bits per heavy atom. The molecule has 1 saturated carbocycles. The molecule has 1 saturated heterocycles. The zero-order valence-corrected chi connectivity index (χ0v) is 11.2. The molecule has 0 aromatic rings. The van der Waals surface area contributed by atoms with E-state index in [0.717, 1.165) is 32.2 Å². The molecule has 1 heterocycles. The molecular formula is C14H26N2O. The lowest BCUT2D eigenvalue weighted by atomic mass is 9.82. The van der Waals surface area contributed by atoms with Crippen LogP contribution in [0.5, 0.6) is 0 Å². The smallest absolute Gasteiger partial charge is 0.225 e. The molecule has 2 N–H and O–H groups in total. The van der Waals surface area contributed by atoms with Gasteiger partial charge in [-0.2, -0.15) is 0 Å². The Bertz CT molecular complexity index is 271. The fourth-order valence-electron chi connectivity index (χ4n) is 3.25. The minimum absolute atomic E-state index is 0.0620. The zero-order valence-electron chi connectivity index (χ0n) is 11.2. The number of carbonyl (C=O) groups is 1. The third-order valence-corrected chi connectivity index (χ3v) is 4.48. The summed E-state index contributed by atoms with van der Waals surface area (Å²) in [5, 5.41) is 6.72. The van der Waals surface area contributed by atoms with Crippen LogP contribution in [0.4, 0.5) is 0 Å². The normalized spacial score (nSPS) is 33.1. The number of nitrogens with one attached hydrogen (secondary N) is 2. The van der Waals surface area contributed by atoms with Crippen molar-refractivity contribution in [2.24, 2.45) is 5.92 Å². The van der Waals surface area contributed by atoms with Crippen LogP contribution in [0.3, 0.4) is 0 Å². The van der Waals surface area contributed by atoms with E-state index in [0.29, 0.717) is 6.04 Å². The quantitative estimate of drug-likeness (QED) is 0.774. The van der Waals surface area contributed by atoms with Crippen LogP contribution >= 0.6 is 0 Å². The first-order valence-electron chi connectivity index (χ1n) is 7.16. The molecular weight excluding hydrogens is 212 g/mol. The van der Waals surface area contributed by atoms with Crippen molar-refractivity contribution in [2.45, 2.75) is 70.4 Å². The Morgan fingerprint density at radius 2 is 1.94 bits per heavy atom. The number of hydrogen-bond acceptors (Lipinski definition) is 2. The average molecular weight is 238 g/mol. The summed E-state index contributed by atoms with van der Waals surface area (Å²) in [5.74, 6) is 0.441. The van der Waals surface area contributed by atoms with Gasteiger partial charge in [0, 0.05) is 11.6 Å². The first kappa shape index (κ1) is 12.9. The van der Waals surface area contributed by atoms with E-state index in [1.165, 1.54) is 19.3 Å². The molecule has 17 heavy (non-hydrogen) atoms. The van der Waals surface area contributed by atoms with Crippen molar-refractivity contribution in [3.63, 3.8) is 0 Å². The summed E-state index contributed by atoms with van der Waals surface area (Å²) in [6, 6.07) is 0.330. The molecule has 1 amide bonds. The molecule has 2 fully saturated rings. The van der Waals surface area contributed by atoms with Gasteiger partial charge < -0.3 is 10.6 Å². The van der Waals surface area contributed by atoms with Gasteiger partial charge in [0.15, 0.2) is 0 Å². The molecule has 0 bridgehead atoms. The van der Waals surface area contributed by atoms with Gasteiger partial charge in [0.25, 0.3) is 0 Å². The number of rotatable bonds is 2. The van der Waals surface area contributed by atoms with Crippen LogP contribution in [-0.2, 0) is 4.79 Å². The fourth-order valence-corrected chi connectivity index (χ4v) is 3.25. The van der Waals surface area contributed by atoms with E-state index in [4.69, 9.17) is 0 Å². The van der Waals surface area contributed by atoms with Crippen LogP contribution in [-0.4, -0.2) is 24.0 Å². The van der Waals surface area contributed by atoms with Crippen LogP contribution in [0.25, 0.3) is 0 Å². The number of carbonyl (C=O) groups excluding carboxylic acids is 1. The summed E-state index contributed by atoms with van der Waals surface area (Å²) in [4.78, 5) is 12.3. The average Bonchev–Trinajstić information content (AvgIpc) is 2.29. The molecule has 2 atom stereocenters.